The first-order valence-electron chi connectivity index (χ1n) is 5.60. The predicted molar refractivity (Wildman–Crippen MR) is 63.9 cm³/mol. The van der Waals surface area contributed by atoms with Gasteiger partial charge in [0.15, 0.2) is 6.17 Å². The molecule has 90 valence electrons. The van der Waals surface area contributed by atoms with E-state index in [4.69, 9.17) is 0 Å². The fourth-order valence-corrected chi connectivity index (χ4v) is 1.95. The van der Waals surface area contributed by atoms with E-state index in [2.05, 4.69) is 10.2 Å². The molecule has 2 aromatic heterocycles. The highest BCUT2D eigenvalue weighted by molar-refractivity contribution is 5.33. The number of rotatable bonds is 3. The highest BCUT2D eigenvalue weighted by Crippen LogP contribution is 2.25. The quantitative estimate of drug-likeness (QED) is 0.691. The summed E-state index contributed by atoms with van der Waals surface area (Å²) in [5.74, 6) is -0.0199. The molecule has 0 saturated carbocycles. The van der Waals surface area contributed by atoms with E-state index in [1.54, 1.807) is 40.0 Å². The highest BCUT2D eigenvalue weighted by Gasteiger charge is 2.16. The lowest BCUT2D eigenvalue weighted by molar-refractivity contribution is -0.270. The molecule has 0 radical (unpaired) electrons. The van der Waals surface area contributed by atoms with Crippen LogP contribution >= 0.6 is 0 Å². The number of benzene rings is 1. The van der Waals surface area contributed by atoms with Crippen molar-refractivity contribution in [1.29, 1.82) is 0 Å². The summed E-state index contributed by atoms with van der Waals surface area (Å²) in [6.07, 6.45) is 6.66. The SMILES string of the molecule is [O-]c1ccccc1C(n1cccn1)n1cccn1. The Kier molecular flexibility index (Phi) is 2.57. The van der Waals surface area contributed by atoms with Gasteiger partial charge in [0.2, 0.25) is 0 Å². The van der Waals surface area contributed by atoms with E-state index < -0.39 is 0 Å². The summed E-state index contributed by atoms with van der Waals surface area (Å²) in [7, 11) is 0. The average Bonchev–Trinajstić information content (AvgIpc) is 3.05. The average molecular weight is 239 g/mol. The normalized spacial score (nSPS) is 10.9. The van der Waals surface area contributed by atoms with Crippen molar-refractivity contribution in [2.45, 2.75) is 6.17 Å². The van der Waals surface area contributed by atoms with Gasteiger partial charge in [-0.2, -0.15) is 10.2 Å². The van der Waals surface area contributed by atoms with Gasteiger partial charge in [0.1, 0.15) is 0 Å². The van der Waals surface area contributed by atoms with Crippen molar-refractivity contribution in [2.75, 3.05) is 0 Å². The van der Waals surface area contributed by atoms with Gasteiger partial charge in [-0.25, -0.2) is 9.36 Å². The molecule has 0 unspecified atom stereocenters. The number of para-hydroxylation sites is 1. The second-order valence-electron chi connectivity index (χ2n) is 3.88. The monoisotopic (exact) mass is 239 g/mol. The topological polar surface area (TPSA) is 58.7 Å². The van der Waals surface area contributed by atoms with Gasteiger partial charge < -0.3 is 5.11 Å². The van der Waals surface area contributed by atoms with Crippen LogP contribution in [0.25, 0.3) is 0 Å². The first kappa shape index (κ1) is 10.6. The van der Waals surface area contributed by atoms with Crippen LogP contribution < -0.4 is 5.11 Å². The third-order valence-electron chi connectivity index (χ3n) is 2.75. The van der Waals surface area contributed by atoms with Crippen molar-refractivity contribution in [3.05, 3.63) is 66.7 Å². The van der Waals surface area contributed by atoms with Crippen LogP contribution in [0, 0.1) is 0 Å². The molecule has 0 amide bonds. The number of hydrogen-bond donors (Lipinski definition) is 0. The maximum atomic E-state index is 12.0. The fourth-order valence-electron chi connectivity index (χ4n) is 1.95. The summed E-state index contributed by atoms with van der Waals surface area (Å²) in [4.78, 5) is 0. The molecule has 5 heteroatoms. The molecule has 0 aliphatic carbocycles. The van der Waals surface area contributed by atoms with E-state index in [-0.39, 0.29) is 11.9 Å². The maximum absolute atomic E-state index is 12.0. The molecule has 0 aliphatic heterocycles. The van der Waals surface area contributed by atoms with Gasteiger partial charge in [0.25, 0.3) is 0 Å². The van der Waals surface area contributed by atoms with Crippen LogP contribution in [0.4, 0.5) is 0 Å². The minimum Gasteiger partial charge on any atom is -0.872 e. The van der Waals surface area contributed by atoms with Crippen LogP contribution in [0.5, 0.6) is 5.75 Å². The molecule has 0 atom stereocenters. The molecular formula is C13H11N4O-. The van der Waals surface area contributed by atoms with Crippen molar-refractivity contribution in [3.63, 3.8) is 0 Å². The molecule has 0 aliphatic rings. The second kappa shape index (κ2) is 4.37. The third-order valence-corrected chi connectivity index (χ3v) is 2.75. The zero-order valence-electron chi connectivity index (χ0n) is 9.55. The lowest BCUT2D eigenvalue weighted by atomic mass is 10.1. The Balaban J connectivity index is 2.15. The van der Waals surface area contributed by atoms with Gasteiger partial charge in [-0.05, 0) is 17.7 Å². The summed E-state index contributed by atoms with van der Waals surface area (Å²) in [5, 5.41) is 20.4. The molecule has 3 aromatic rings. The molecule has 0 saturated heterocycles. The Morgan fingerprint density at radius 3 is 2.00 bits per heavy atom. The predicted octanol–water partition coefficient (Wildman–Crippen LogP) is 1.25. The van der Waals surface area contributed by atoms with Crippen molar-refractivity contribution in [1.82, 2.24) is 19.6 Å². The highest BCUT2D eigenvalue weighted by atomic mass is 16.3. The van der Waals surface area contributed by atoms with E-state index in [0.29, 0.717) is 5.56 Å². The Hall–Kier alpha value is -2.56. The molecule has 2 heterocycles. The fraction of sp³-hybridized carbons (Fsp3) is 0.0769. The minimum atomic E-state index is -0.344. The molecule has 0 fully saturated rings. The Morgan fingerprint density at radius 2 is 1.50 bits per heavy atom. The standard InChI is InChI=1S/C13H12N4O/c18-12-6-2-1-5-11(12)13(16-9-3-7-14-16)17-10-4-8-15-17/h1-10,13,18H/p-1. The second-order valence-corrected chi connectivity index (χ2v) is 3.88. The smallest absolute Gasteiger partial charge is 0.168 e. The Bertz CT molecular complexity index is 582. The molecule has 1 aromatic carbocycles. The largest absolute Gasteiger partial charge is 0.872 e. The van der Waals surface area contributed by atoms with Gasteiger partial charge in [0.05, 0.1) is 0 Å². The van der Waals surface area contributed by atoms with E-state index in [1.165, 1.54) is 0 Å². The van der Waals surface area contributed by atoms with E-state index >= 15 is 0 Å². The van der Waals surface area contributed by atoms with Gasteiger partial charge in [0, 0.05) is 24.8 Å². The van der Waals surface area contributed by atoms with Gasteiger partial charge in [-0.1, -0.05) is 24.3 Å². The molecule has 5 nitrogen and oxygen atoms in total. The summed E-state index contributed by atoms with van der Waals surface area (Å²) in [6, 6.07) is 10.6. The lowest BCUT2D eigenvalue weighted by Crippen LogP contribution is -2.21. The van der Waals surface area contributed by atoms with Gasteiger partial charge >= 0.3 is 0 Å². The zero-order valence-corrected chi connectivity index (χ0v) is 9.55. The van der Waals surface area contributed by atoms with Crippen molar-refractivity contribution in [3.8, 4) is 5.75 Å². The maximum Gasteiger partial charge on any atom is 0.168 e. The van der Waals surface area contributed by atoms with Gasteiger partial charge in [-0.3, -0.25) is 0 Å². The van der Waals surface area contributed by atoms with Crippen LogP contribution in [0.2, 0.25) is 0 Å². The van der Waals surface area contributed by atoms with E-state index in [9.17, 15) is 5.11 Å². The Morgan fingerprint density at radius 1 is 0.889 bits per heavy atom. The first-order chi connectivity index (χ1) is 8.86. The van der Waals surface area contributed by atoms with Crippen molar-refractivity contribution >= 4 is 0 Å². The third kappa shape index (κ3) is 1.75. The number of aromatic nitrogens is 4. The minimum absolute atomic E-state index is 0.0199. The van der Waals surface area contributed by atoms with Crippen LogP contribution in [0.3, 0.4) is 0 Å². The van der Waals surface area contributed by atoms with E-state index in [0.717, 1.165) is 0 Å². The van der Waals surface area contributed by atoms with Crippen molar-refractivity contribution in [2.24, 2.45) is 0 Å². The summed E-state index contributed by atoms with van der Waals surface area (Å²) < 4.78 is 3.42. The van der Waals surface area contributed by atoms with Gasteiger partial charge in [-0.15, -0.1) is 5.75 Å². The molecule has 0 N–H and O–H groups in total. The molecule has 3 rings (SSSR count). The zero-order chi connectivity index (χ0) is 12.4. The number of nitrogens with zero attached hydrogens (tertiary/aromatic N) is 4. The summed E-state index contributed by atoms with van der Waals surface area (Å²) in [5.41, 5.74) is 0.643. The van der Waals surface area contributed by atoms with Crippen LogP contribution in [-0.4, -0.2) is 19.6 Å². The van der Waals surface area contributed by atoms with E-state index in [1.807, 2.05) is 30.6 Å². The Labute approximate surface area is 104 Å². The van der Waals surface area contributed by atoms with Crippen LogP contribution in [0.1, 0.15) is 11.7 Å². The molecule has 0 spiro atoms. The lowest BCUT2D eigenvalue weighted by Gasteiger charge is -2.23. The van der Waals surface area contributed by atoms with Crippen LogP contribution in [0.15, 0.2) is 61.2 Å². The van der Waals surface area contributed by atoms with Crippen LogP contribution in [-0.2, 0) is 0 Å². The summed E-state index contributed by atoms with van der Waals surface area (Å²) in [6.45, 7) is 0. The first-order valence-corrected chi connectivity index (χ1v) is 5.60. The molecule has 18 heavy (non-hydrogen) atoms. The summed E-state index contributed by atoms with van der Waals surface area (Å²) >= 11 is 0. The number of hydrogen-bond acceptors (Lipinski definition) is 3. The molecular weight excluding hydrogens is 228 g/mol. The molecule has 0 bridgehead atoms. The van der Waals surface area contributed by atoms with Crippen molar-refractivity contribution < 1.29 is 5.11 Å².